The highest BCUT2D eigenvalue weighted by Gasteiger charge is 2.50. The Balaban J connectivity index is 2.92. The maximum absolute atomic E-state index is 12.1. The van der Waals surface area contributed by atoms with Crippen LogP contribution in [0.25, 0.3) is 0 Å². The Bertz CT molecular complexity index is 419. The number of hydrogen-bond donors (Lipinski definition) is 0. The van der Waals surface area contributed by atoms with Gasteiger partial charge in [-0.25, -0.2) is 4.79 Å². The molecule has 0 unspecified atom stereocenters. The smallest absolute Gasteiger partial charge is 0.336 e. The van der Waals surface area contributed by atoms with Crippen molar-refractivity contribution < 1.29 is 18.4 Å². The zero-order valence-corrected chi connectivity index (χ0v) is 18.0. The Morgan fingerprint density at radius 1 is 0.909 bits per heavy atom. The van der Waals surface area contributed by atoms with Crippen LogP contribution in [0.1, 0.15) is 41.5 Å². The highest BCUT2D eigenvalue weighted by Crippen LogP contribution is 2.41. The van der Waals surface area contributed by atoms with Gasteiger partial charge in [0, 0.05) is 0 Å². The molecule has 130 valence electrons. The molecule has 0 saturated carbocycles. The first-order valence-corrected chi connectivity index (χ1v) is 13.9. The Hall–Kier alpha value is -0.176. The molecular weight excluding hydrogens is 312 g/mol. The molecule has 4 nitrogen and oxygen atoms in total. The molecule has 6 heteroatoms. The molecule has 0 radical (unpaired) electrons. The summed E-state index contributed by atoms with van der Waals surface area (Å²) in [5.41, 5.74) is 0. The van der Waals surface area contributed by atoms with Crippen molar-refractivity contribution >= 4 is 22.6 Å². The zero-order valence-electron chi connectivity index (χ0n) is 16.0. The molecule has 1 aliphatic rings. The Labute approximate surface area is 138 Å². The van der Waals surface area contributed by atoms with E-state index in [0.29, 0.717) is 6.61 Å². The first-order chi connectivity index (χ1) is 9.58. The number of cyclic esters (lactones) is 1. The van der Waals surface area contributed by atoms with E-state index < -0.39 is 22.7 Å². The van der Waals surface area contributed by atoms with Crippen molar-refractivity contribution in [1.82, 2.24) is 0 Å². The van der Waals surface area contributed by atoms with Crippen LogP contribution in [0.5, 0.6) is 0 Å². The lowest BCUT2D eigenvalue weighted by Gasteiger charge is -2.41. The monoisotopic (exact) mass is 346 g/mol. The van der Waals surface area contributed by atoms with E-state index >= 15 is 0 Å². The summed E-state index contributed by atoms with van der Waals surface area (Å²) in [6.07, 6.45) is -0.850. The third-order valence-corrected chi connectivity index (χ3v) is 14.4. The third kappa shape index (κ3) is 4.21. The molecular formula is C16H34O4Si2. The minimum Gasteiger partial charge on any atom is -0.461 e. The van der Waals surface area contributed by atoms with E-state index in [1.54, 1.807) is 0 Å². The third-order valence-electron chi connectivity index (χ3n) is 5.44. The van der Waals surface area contributed by atoms with E-state index in [9.17, 15) is 4.79 Å². The fraction of sp³-hybridized carbons (Fsp3) is 0.938. The van der Waals surface area contributed by atoms with Crippen molar-refractivity contribution in [1.29, 1.82) is 0 Å². The molecule has 0 aromatic heterocycles. The van der Waals surface area contributed by atoms with Gasteiger partial charge >= 0.3 is 5.97 Å². The molecule has 0 bridgehead atoms. The number of carbonyl (C=O) groups is 1. The molecule has 1 heterocycles. The highest BCUT2D eigenvalue weighted by atomic mass is 28.4. The second kappa shape index (κ2) is 6.03. The van der Waals surface area contributed by atoms with Crippen molar-refractivity contribution in [2.45, 2.75) is 90.0 Å². The summed E-state index contributed by atoms with van der Waals surface area (Å²) in [7, 11) is -4.00. The number of carbonyl (C=O) groups excluding carboxylic acids is 1. The SMILES string of the molecule is CC(C)(C)[Si](C)(C)O[C@@H]1C(=O)OC[C@H]1O[Si](C)(C)C(C)(C)C. The average Bonchev–Trinajstić information content (AvgIpc) is 2.57. The van der Waals surface area contributed by atoms with Gasteiger partial charge in [-0.1, -0.05) is 41.5 Å². The summed E-state index contributed by atoms with van der Waals surface area (Å²) in [4.78, 5) is 12.1. The Morgan fingerprint density at radius 3 is 1.73 bits per heavy atom. The fourth-order valence-electron chi connectivity index (χ4n) is 1.75. The van der Waals surface area contributed by atoms with Gasteiger partial charge in [-0.05, 0) is 36.3 Å². The predicted molar refractivity (Wildman–Crippen MR) is 95.1 cm³/mol. The van der Waals surface area contributed by atoms with E-state index in [1.165, 1.54) is 0 Å². The van der Waals surface area contributed by atoms with Crippen molar-refractivity contribution in [2.75, 3.05) is 6.61 Å². The van der Waals surface area contributed by atoms with E-state index in [2.05, 4.69) is 67.7 Å². The summed E-state index contributed by atoms with van der Waals surface area (Å²) in [5, 5.41) is 0.150. The van der Waals surface area contributed by atoms with Crippen LogP contribution < -0.4 is 0 Å². The van der Waals surface area contributed by atoms with Crippen molar-refractivity contribution in [3.63, 3.8) is 0 Å². The average molecular weight is 347 g/mol. The molecule has 1 aliphatic heterocycles. The molecule has 0 N–H and O–H groups in total. The minimum absolute atomic E-state index is 0.0530. The molecule has 0 amide bonds. The zero-order chi connectivity index (χ0) is 17.6. The maximum Gasteiger partial charge on any atom is 0.336 e. The summed E-state index contributed by atoms with van der Waals surface area (Å²) in [6, 6.07) is 0. The molecule has 1 rings (SSSR count). The van der Waals surface area contributed by atoms with Crippen LogP contribution in [0.15, 0.2) is 0 Å². The number of hydrogen-bond acceptors (Lipinski definition) is 4. The van der Waals surface area contributed by atoms with Gasteiger partial charge in [-0.15, -0.1) is 0 Å². The lowest BCUT2D eigenvalue weighted by Crippen LogP contribution is -2.52. The van der Waals surface area contributed by atoms with Gasteiger partial charge in [0.2, 0.25) is 0 Å². The first kappa shape index (κ1) is 19.9. The molecule has 1 fully saturated rings. The predicted octanol–water partition coefficient (Wildman–Crippen LogP) is 4.32. The van der Waals surface area contributed by atoms with Gasteiger partial charge in [0.15, 0.2) is 22.7 Å². The normalized spacial score (nSPS) is 24.5. The van der Waals surface area contributed by atoms with Gasteiger partial charge < -0.3 is 13.6 Å². The van der Waals surface area contributed by atoms with Crippen LogP contribution in [0.2, 0.25) is 36.3 Å². The Morgan fingerprint density at radius 2 is 1.32 bits per heavy atom. The molecule has 22 heavy (non-hydrogen) atoms. The van der Waals surface area contributed by atoms with Gasteiger partial charge in [0.25, 0.3) is 0 Å². The van der Waals surface area contributed by atoms with Crippen LogP contribution in [-0.2, 0) is 18.4 Å². The summed E-state index contributed by atoms with van der Waals surface area (Å²) >= 11 is 0. The topological polar surface area (TPSA) is 44.8 Å². The van der Waals surface area contributed by atoms with E-state index in [4.69, 9.17) is 13.6 Å². The number of rotatable bonds is 4. The van der Waals surface area contributed by atoms with Gasteiger partial charge in [0.05, 0.1) is 0 Å². The largest absolute Gasteiger partial charge is 0.461 e. The highest BCUT2D eigenvalue weighted by molar-refractivity contribution is 6.74. The van der Waals surface area contributed by atoms with Crippen molar-refractivity contribution in [3.8, 4) is 0 Å². The molecule has 0 aliphatic carbocycles. The Kier molecular flexibility index (Phi) is 5.45. The molecule has 1 saturated heterocycles. The van der Waals surface area contributed by atoms with E-state index in [0.717, 1.165) is 0 Å². The van der Waals surface area contributed by atoms with Crippen LogP contribution in [0.3, 0.4) is 0 Å². The minimum atomic E-state index is -2.04. The quantitative estimate of drug-likeness (QED) is 0.561. The van der Waals surface area contributed by atoms with Crippen molar-refractivity contribution in [3.05, 3.63) is 0 Å². The summed E-state index contributed by atoms with van der Waals surface area (Å²) in [5.74, 6) is -0.270. The van der Waals surface area contributed by atoms with Crippen LogP contribution in [0, 0.1) is 0 Å². The van der Waals surface area contributed by atoms with Crippen LogP contribution in [-0.4, -0.2) is 41.4 Å². The summed E-state index contributed by atoms with van der Waals surface area (Å²) < 4.78 is 18.0. The second-order valence-corrected chi connectivity index (χ2v) is 18.9. The standard InChI is InChI=1S/C16H34O4Si2/c1-15(2,3)21(7,8)19-12-11-18-14(17)13(12)20-22(9,10)16(4,5)6/h12-13H,11H2,1-10H3/t12-,13+/m1/s1. The molecule has 0 aromatic rings. The lowest BCUT2D eigenvalue weighted by molar-refractivity contribution is -0.144. The van der Waals surface area contributed by atoms with E-state index in [-0.39, 0.29) is 22.1 Å². The van der Waals surface area contributed by atoms with Gasteiger partial charge in [0.1, 0.15) is 12.7 Å². The van der Waals surface area contributed by atoms with Gasteiger partial charge in [-0.2, -0.15) is 0 Å². The molecule has 2 atom stereocenters. The van der Waals surface area contributed by atoms with Gasteiger partial charge in [-0.3, -0.25) is 0 Å². The molecule has 0 spiro atoms. The first-order valence-electron chi connectivity index (χ1n) is 8.11. The number of esters is 1. The number of ether oxygens (including phenoxy) is 1. The van der Waals surface area contributed by atoms with Crippen LogP contribution in [0.4, 0.5) is 0 Å². The fourth-order valence-corrected chi connectivity index (χ4v) is 4.29. The maximum atomic E-state index is 12.1. The second-order valence-electron chi connectivity index (χ2n) is 9.35. The van der Waals surface area contributed by atoms with Crippen molar-refractivity contribution in [2.24, 2.45) is 0 Å². The lowest BCUT2D eigenvalue weighted by atomic mass is 10.2. The molecule has 0 aromatic carbocycles. The van der Waals surface area contributed by atoms with E-state index in [1.807, 2.05) is 0 Å². The summed E-state index contributed by atoms with van der Waals surface area (Å²) in [6.45, 7) is 22.1. The van der Waals surface area contributed by atoms with Crippen LogP contribution >= 0.6 is 0 Å².